The van der Waals surface area contributed by atoms with Crippen molar-refractivity contribution in [1.82, 2.24) is 9.55 Å². The molecule has 1 aliphatic heterocycles. The highest BCUT2D eigenvalue weighted by Crippen LogP contribution is 2.37. The summed E-state index contributed by atoms with van der Waals surface area (Å²) in [5.41, 5.74) is 2.47. The van der Waals surface area contributed by atoms with Gasteiger partial charge in [-0.15, -0.1) is 11.3 Å². The number of hydrogen-bond acceptors (Lipinski definition) is 5. The summed E-state index contributed by atoms with van der Waals surface area (Å²) in [6, 6.07) is 0.280. The molecule has 4 nitrogen and oxygen atoms in total. The summed E-state index contributed by atoms with van der Waals surface area (Å²) in [5.74, 6) is 1.25. The predicted octanol–water partition coefficient (Wildman–Crippen LogP) is 5.73. The van der Waals surface area contributed by atoms with E-state index in [1.54, 1.807) is 23.1 Å². The Balaban J connectivity index is 1.84. The molecule has 0 amide bonds. The molecule has 0 radical (unpaired) electrons. The standard InChI is InChI=1S/C22H30N2O2S2/c1-13(2)12-27-22-23-20-19(21(25)24(22)15-8-6-5-7-9-15)16-10-17(14(3)4)26-11-18(16)28-20/h14-15,17H,1,5-12H2,2-4H3/t17-/m1/s1. The molecule has 0 unspecified atom stereocenters. The smallest absolute Gasteiger partial charge is 0.263 e. The highest BCUT2D eigenvalue weighted by Gasteiger charge is 2.30. The van der Waals surface area contributed by atoms with Gasteiger partial charge in [0.05, 0.1) is 18.1 Å². The lowest BCUT2D eigenvalue weighted by Gasteiger charge is -2.27. The van der Waals surface area contributed by atoms with E-state index in [-0.39, 0.29) is 17.7 Å². The molecule has 2 aliphatic rings. The van der Waals surface area contributed by atoms with Gasteiger partial charge < -0.3 is 4.74 Å². The zero-order valence-electron chi connectivity index (χ0n) is 17.1. The SMILES string of the molecule is C=C(C)CSc1nc2sc3c(c2c(=O)n1C1CCCCC1)C[C@H](C(C)C)OC3. The van der Waals surface area contributed by atoms with Gasteiger partial charge in [0.25, 0.3) is 5.56 Å². The van der Waals surface area contributed by atoms with Crippen LogP contribution in [0.3, 0.4) is 0 Å². The predicted molar refractivity (Wildman–Crippen MR) is 119 cm³/mol. The highest BCUT2D eigenvalue weighted by atomic mass is 32.2. The molecule has 1 aliphatic carbocycles. The normalized spacial score (nSPS) is 20.6. The topological polar surface area (TPSA) is 44.1 Å². The first-order valence-corrected chi connectivity index (χ1v) is 12.2. The van der Waals surface area contributed by atoms with E-state index in [4.69, 9.17) is 9.72 Å². The summed E-state index contributed by atoms with van der Waals surface area (Å²) >= 11 is 3.30. The minimum atomic E-state index is 0.169. The summed E-state index contributed by atoms with van der Waals surface area (Å²) in [6.45, 7) is 11.0. The number of nitrogens with zero attached hydrogens (tertiary/aromatic N) is 2. The Morgan fingerprint density at radius 3 is 2.79 bits per heavy atom. The molecule has 3 heterocycles. The maximum atomic E-state index is 13.8. The van der Waals surface area contributed by atoms with E-state index >= 15 is 0 Å². The van der Waals surface area contributed by atoms with E-state index in [0.29, 0.717) is 12.5 Å². The minimum absolute atomic E-state index is 0.169. The van der Waals surface area contributed by atoms with Gasteiger partial charge in [-0.1, -0.05) is 57.0 Å². The van der Waals surface area contributed by atoms with Crippen LogP contribution in [0.1, 0.15) is 69.4 Å². The molecule has 2 aromatic heterocycles. The second kappa shape index (κ2) is 8.33. The number of thiophene rings is 1. The summed E-state index contributed by atoms with van der Waals surface area (Å²) in [6.07, 6.45) is 6.85. The van der Waals surface area contributed by atoms with Crippen LogP contribution < -0.4 is 5.56 Å². The van der Waals surface area contributed by atoms with Crippen LogP contribution in [0, 0.1) is 5.92 Å². The second-order valence-corrected chi connectivity index (χ2v) is 10.6. The molecule has 4 rings (SSSR count). The van der Waals surface area contributed by atoms with Crippen LogP contribution in [0.2, 0.25) is 0 Å². The van der Waals surface area contributed by atoms with Crippen LogP contribution in [-0.2, 0) is 17.8 Å². The number of thioether (sulfide) groups is 1. The molecule has 0 N–H and O–H groups in total. The summed E-state index contributed by atoms with van der Waals surface area (Å²) in [4.78, 5) is 20.8. The molecular formula is C22H30N2O2S2. The number of ether oxygens (including phenoxy) is 1. The Morgan fingerprint density at radius 1 is 1.36 bits per heavy atom. The summed E-state index contributed by atoms with van der Waals surface area (Å²) in [7, 11) is 0. The monoisotopic (exact) mass is 418 g/mol. The Hall–Kier alpha value is -1.11. The van der Waals surface area contributed by atoms with Crippen LogP contribution in [0.15, 0.2) is 22.1 Å². The van der Waals surface area contributed by atoms with Crippen molar-refractivity contribution in [3.8, 4) is 0 Å². The summed E-state index contributed by atoms with van der Waals surface area (Å²) in [5, 5.41) is 1.73. The minimum Gasteiger partial charge on any atom is -0.372 e. The Kier molecular flexibility index (Phi) is 6.00. The average Bonchev–Trinajstić information content (AvgIpc) is 3.04. The molecule has 1 fully saturated rings. The lowest BCUT2D eigenvalue weighted by molar-refractivity contribution is 0.00200. The number of rotatable bonds is 5. The van der Waals surface area contributed by atoms with Crippen LogP contribution in [0.4, 0.5) is 0 Å². The lowest BCUT2D eigenvalue weighted by atomic mass is 9.94. The van der Waals surface area contributed by atoms with Crippen molar-refractivity contribution in [3.05, 3.63) is 32.9 Å². The Morgan fingerprint density at radius 2 is 2.11 bits per heavy atom. The van der Waals surface area contributed by atoms with Crippen molar-refractivity contribution in [2.45, 2.75) is 83.2 Å². The molecule has 0 saturated heterocycles. The van der Waals surface area contributed by atoms with Gasteiger partial charge in [-0.25, -0.2) is 4.98 Å². The molecule has 1 atom stereocenters. The Bertz CT molecular complexity index is 938. The van der Waals surface area contributed by atoms with E-state index in [1.165, 1.54) is 29.7 Å². The first-order valence-electron chi connectivity index (χ1n) is 10.4. The maximum Gasteiger partial charge on any atom is 0.263 e. The quantitative estimate of drug-likeness (QED) is 0.353. The molecule has 6 heteroatoms. The average molecular weight is 419 g/mol. The van der Waals surface area contributed by atoms with E-state index in [0.717, 1.165) is 46.0 Å². The van der Waals surface area contributed by atoms with Crippen molar-refractivity contribution in [2.75, 3.05) is 5.75 Å². The van der Waals surface area contributed by atoms with E-state index in [2.05, 4.69) is 20.4 Å². The molecule has 152 valence electrons. The lowest BCUT2D eigenvalue weighted by Crippen LogP contribution is -2.31. The number of fused-ring (bicyclic) bond motifs is 3. The van der Waals surface area contributed by atoms with Crippen molar-refractivity contribution in [3.63, 3.8) is 0 Å². The molecule has 0 spiro atoms. The van der Waals surface area contributed by atoms with Gasteiger partial charge in [-0.3, -0.25) is 9.36 Å². The zero-order chi connectivity index (χ0) is 19.8. The van der Waals surface area contributed by atoms with E-state index in [1.807, 2.05) is 11.5 Å². The molecule has 2 aromatic rings. The zero-order valence-corrected chi connectivity index (χ0v) is 18.8. The van der Waals surface area contributed by atoms with Gasteiger partial charge in [0.15, 0.2) is 5.16 Å². The van der Waals surface area contributed by atoms with Crippen LogP contribution in [0.5, 0.6) is 0 Å². The third-order valence-electron chi connectivity index (χ3n) is 5.87. The van der Waals surface area contributed by atoms with Gasteiger partial charge in [0.1, 0.15) is 4.83 Å². The molecule has 28 heavy (non-hydrogen) atoms. The second-order valence-electron chi connectivity index (χ2n) is 8.59. The largest absolute Gasteiger partial charge is 0.372 e. The van der Waals surface area contributed by atoms with Crippen LogP contribution in [-0.4, -0.2) is 21.4 Å². The summed E-state index contributed by atoms with van der Waals surface area (Å²) < 4.78 is 8.08. The van der Waals surface area contributed by atoms with Crippen LogP contribution in [0.25, 0.3) is 10.2 Å². The highest BCUT2D eigenvalue weighted by molar-refractivity contribution is 7.99. The van der Waals surface area contributed by atoms with Gasteiger partial charge in [-0.2, -0.15) is 0 Å². The van der Waals surface area contributed by atoms with E-state index < -0.39 is 0 Å². The van der Waals surface area contributed by atoms with E-state index in [9.17, 15) is 4.79 Å². The number of hydrogen-bond donors (Lipinski definition) is 0. The fourth-order valence-corrected chi connectivity index (χ4v) is 6.37. The van der Waals surface area contributed by atoms with Gasteiger partial charge in [0.2, 0.25) is 0 Å². The van der Waals surface area contributed by atoms with Gasteiger partial charge in [0, 0.05) is 23.1 Å². The maximum absolute atomic E-state index is 13.8. The molecule has 0 aromatic carbocycles. The number of aromatic nitrogens is 2. The fraction of sp³-hybridized carbons (Fsp3) is 0.636. The third-order valence-corrected chi connectivity index (χ3v) is 8.16. The third kappa shape index (κ3) is 3.83. The first-order chi connectivity index (χ1) is 13.5. The van der Waals surface area contributed by atoms with Gasteiger partial charge in [-0.05, 0) is 31.2 Å². The molecular weight excluding hydrogens is 388 g/mol. The van der Waals surface area contributed by atoms with Crippen molar-refractivity contribution in [2.24, 2.45) is 5.92 Å². The first kappa shape index (κ1) is 20.2. The van der Waals surface area contributed by atoms with Crippen LogP contribution >= 0.6 is 23.1 Å². The molecule has 1 saturated carbocycles. The Labute approximate surface area is 175 Å². The van der Waals surface area contributed by atoms with Crippen molar-refractivity contribution in [1.29, 1.82) is 0 Å². The van der Waals surface area contributed by atoms with Crippen molar-refractivity contribution < 1.29 is 4.74 Å². The van der Waals surface area contributed by atoms with Gasteiger partial charge >= 0.3 is 0 Å². The van der Waals surface area contributed by atoms with Crippen molar-refractivity contribution >= 4 is 33.3 Å². The fourth-order valence-electron chi connectivity index (χ4n) is 4.30. The molecule has 0 bridgehead atoms.